The fraction of sp³-hybridized carbons (Fsp3) is 0.385. The van der Waals surface area contributed by atoms with Crippen LogP contribution in [0.15, 0.2) is 33.5 Å². The summed E-state index contributed by atoms with van der Waals surface area (Å²) in [7, 11) is 0. The van der Waals surface area contributed by atoms with Gasteiger partial charge >= 0.3 is 0 Å². The van der Waals surface area contributed by atoms with Crippen LogP contribution in [0.3, 0.4) is 0 Å². The van der Waals surface area contributed by atoms with E-state index in [1.165, 1.54) is 19.8 Å². The van der Waals surface area contributed by atoms with E-state index in [2.05, 4.69) is 41.2 Å². The second-order valence-electron chi connectivity index (χ2n) is 4.01. The van der Waals surface area contributed by atoms with Gasteiger partial charge < -0.3 is 9.73 Å². The van der Waals surface area contributed by atoms with Crippen molar-refractivity contribution in [3.8, 4) is 0 Å². The number of furan rings is 1. The van der Waals surface area contributed by atoms with Crippen molar-refractivity contribution in [2.75, 3.05) is 6.54 Å². The van der Waals surface area contributed by atoms with Gasteiger partial charge in [0.15, 0.2) is 0 Å². The molecular formula is C13H16BrNOS. The fourth-order valence-electron chi connectivity index (χ4n) is 1.79. The van der Waals surface area contributed by atoms with E-state index in [1.807, 2.05) is 23.7 Å². The summed E-state index contributed by atoms with van der Waals surface area (Å²) in [6.45, 7) is 5.30. The van der Waals surface area contributed by atoms with Gasteiger partial charge in [-0.15, -0.1) is 11.3 Å². The smallest absolute Gasteiger partial charge is 0.0954 e. The first-order valence-electron chi connectivity index (χ1n) is 5.73. The first-order chi connectivity index (χ1) is 8.22. The summed E-state index contributed by atoms with van der Waals surface area (Å²) in [5.74, 6) is 0. The van der Waals surface area contributed by atoms with Crippen molar-refractivity contribution in [2.24, 2.45) is 0 Å². The number of halogens is 1. The number of aryl methyl sites for hydroxylation is 1. The Morgan fingerprint density at radius 1 is 1.53 bits per heavy atom. The van der Waals surface area contributed by atoms with Gasteiger partial charge in [0.25, 0.3) is 0 Å². The molecule has 1 atom stereocenters. The minimum absolute atomic E-state index is 0.224. The highest BCUT2D eigenvalue weighted by Gasteiger charge is 2.19. The van der Waals surface area contributed by atoms with Crippen LogP contribution >= 0.6 is 27.3 Å². The highest BCUT2D eigenvalue weighted by molar-refractivity contribution is 9.10. The molecule has 2 aromatic heterocycles. The van der Waals surface area contributed by atoms with Crippen molar-refractivity contribution in [1.82, 2.24) is 5.32 Å². The zero-order chi connectivity index (χ0) is 12.3. The molecule has 0 aliphatic carbocycles. The van der Waals surface area contributed by atoms with Gasteiger partial charge in [-0.05, 0) is 48.0 Å². The minimum atomic E-state index is 0.224. The monoisotopic (exact) mass is 313 g/mol. The molecule has 2 aromatic rings. The van der Waals surface area contributed by atoms with Crippen LogP contribution in [0, 0.1) is 6.92 Å². The van der Waals surface area contributed by atoms with Crippen LogP contribution in [0.5, 0.6) is 0 Å². The molecule has 17 heavy (non-hydrogen) atoms. The van der Waals surface area contributed by atoms with Crippen LogP contribution in [0.2, 0.25) is 0 Å². The van der Waals surface area contributed by atoms with Crippen LogP contribution in [-0.2, 0) is 0 Å². The van der Waals surface area contributed by atoms with E-state index in [0.717, 1.165) is 13.0 Å². The van der Waals surface area contributed by atoms with Crippen molar-refractivity contribution in [3.63, 3.8) is 0 Å². The molecule has 2 rings (SSSR count). The molecule has 1 N–H and O–H groups in total. The molecule has 0 spiro atoms. The Bertz CT molecular complexity index is 464. The van der Waals surface area contributed by atoms with Crippen LogP contribution in [0.1, 0.15) is 34.7 Å². The Hall–Kier alpha value is -0.580. The van der Waals surface area contributed by atoms with Gasteiger partial charge in [-0.3, -0.25) is 0 Å². The number of hydrogen-bond acceptors (Lipinski definition) is 3. The summed E-state index contributed by atoms with van der Waals surface area (Å²) < 4.78 is 6.37. The molecule has 0 bridgehead atoms. The molecule has 0 saturated heterocycles. The summed E-state index contributed by atoms with van der Waals surface area (Å²) in [4.78, 5) is 2.64. The lowest BCUT2D eigenvalue weighted by Gasteiger charge is -2.16. The average molecular weight is 314 g/mol. The van der Waals surface area contributed by atoms with Gasteiger partial charge in [0, 0.05) is 19.8 Å². The summed E-state index contributed by atoms with van der Waals surface area (Å²) in [5, 5.41) is 3.56. The molecule has 0 amide bonds. The minimum Gasteiger partial charge on any atom is -0.472 e. The molecule has 0 aromatic carbocycles. The van der Waals surface area contributed by atoms with Gasteiger partial charge in [-0.2, -0.15) is 0 Å². The quantitative estimate of drug-likeness (QED) is 0.879. The third-order valence-electron chi connectivity index (χ3n) is 2.57. The second-order valence-corrected chi connectivity index (χ2v) is 6.16. The molecule has 0 aliphatic rings. The van der Waals surface area contributed by atoms with Crippen molar-refractivity contribution in [1.29, 1.82) is 0 Å². The average Bonchev–Trinajstić information content (AvgIpc) is 2.90. The van der Waals surface area contributed by atoms with Gasteiger partial charge in [0.05, 0.1) is 18.6 Å². The van der Waals surface area contributed by atoms with Crippen molar-refractivity contribution >= 4 is 27.3 Å². The largest absolute Gasteiger partial charge is 0.472 e. The van der Waals surface area contributed by atoms with Crippen molar-refractivity contribution in [2.45, 2.75) is 26.3 Å². The van der Waals surface area contributed by atoms with Gasteiger partial charge in [-0.25, -0.2) is 0 Å². The lowest BCUT2D eigenvalue weighted by atomic mass is 10.1. The topological polar surface area (TPSA) is 25.2 Å². The number of rotatable bonds is 5. The predicted octanol–water partition coefficient (Wildman–Crippen LogP) is 4.50. The molecule has 0 aliphatic heterocycles. The van der Waals surface area contributed by atoms with E-state index < -0.39 is 0 Å². The Balaban J connectivity index is 2.30. The molecule has 1 unspecified atom stereocenters. The Morgan fingerprint density at radius 2 is 2.35 bits per heavy atom. The molecule has 2 nitrogen and oxygen atoms in total. The normalized spacial score (nSPS) is 12.9. The summed E-state index contributed by atoms with van der Waals surface area (Å²) in [6, 6.07) is 4.41. The van der Waals surface area contributed by atoms with E-state index in [1.54, 1.807) is 6.26 Å². The van der Waals surface area contributed by atoms with Gasteiger partial charge in [-0.1, -0.05) is 6.92 Å². The van der Waals surface area contributed by atoms with E-state index >= 15 is 0 Å². The zero-order valence-electron chi connectivity index (χ0n) is 10.00. The van der Waals surface area contributed by atoms with Crippen molar-refractivity contribution < 1.29 is 4.42 Å². The third kappa shape index (κ3) is 3.00. The maximum Gasteiger partial charge on any atom is 0.0954 e. The molecule has 2 heterocycles. The van der Waals surface area contributed by atoms with E-state index in [0.29, 0.717) is 0 Å². The predicted molar refractivity (Wildman–Crippen MR) is 75.6 cm³/mol. The van der Waals surface area contributed by atoms with Crippen LogP contribution in [-0.4, -0.2) is 6.54 Å². The second kappa shape index (κ2) is 5.85. The first kappa shape index (κ1) is 12.9. The van der Waals surface area contributed by atoms with Crippen LogP contribution in [0.4, 0.5) is 0 Å². The number of thiophene rings is 1. The highest BCUT2D eigenvalue weighted by Crippen LogP contribution is 2.35. The third-order valence-corrected chi connectivity index (χ3v) is 4.61. The molecule has 0 radical (unpaired) electrons. The SMILES string of the molecule is CCCNC(c1ccoc1)c1sc(C)cc1Br. The Kier molecular flexibility index (Phi) is 4.42. The lowest BCUT2D eigenvalue weighted by Crippen LogP contribution is -2.22. The highest BCUT2D eigenvalue weighted by atomic mass is 79.9. The lowest BCUT2D eigenvalue weighted by molar-refractivity contribution is 0.550. The van der Waals surface area contributed by atoms with E-state index in [4.69, 9.17) is 4.42 Å². The van der Waals surface area contributed by atoms with Crippen LogP contribution in [0.25, 0.3) is 0 Å². The summed E-state index contributed by atoms with van der Waals surface area (Å²) in [6.07, 6.45) is 4.66. The van der Waals surface area contributed by atoms with E-state index in [-0.39, 0.29) is 6.04 Å². The van der Waals surface area contributed by atoms with Gasteiger partial charge in [0.1, 0.15) is 0 Å². The molecule has 0 fully saturated rings. The van der Waals surface area contributed by atoms with Gasteiger partial charge in [0.2, 0.25) is 0 Å². The Labute approximate surface area is 114 Å². The maximum absolute atomic E-state index is 5.19. The molecule has 92 valence electrons. The molecule has 4 heteroatoms. The first-order valence-corrected chi connectivity index (χ1v) is 7.34. The van der Waals surface area contributed by atoms with E-state index in [9.17, 15) is 0 Å². The number of hydrogen-bond donors (Lipinski definition) is 1. The van der Waals surface area contributed by atoms with Crippen LogP contribution < -0.4 is 5.32 Å². The fourth-order valence-corrected chi connectivity index (χ4v) is 3.77. The molecule has 0 saturated carbocycles. The summed E-state index contributed by atoms with van der Waals surface area (Å²) in [5.41, 5.74) is 1.18. The Morgan fingerprint density at radius 3 is 2.88 bits per heavy atom. The summed E-state index contributed by atoms with van der Waals surface area (Å²) >= 11 is 5.46. The standard InChI is InChI=1S/C13H16BrNOS/c1-3-5-15-12(10-4-6-16-8-10)13-11(14)7-9(2)17-13/h4,6-8,12,15H,3,5H2,1-2H3. The zero-order valence-corrected chi connectivity index (χ0v) is 12.4. The maximum atomic E-state index is 5.19. The number of nitrogens with one attached hydrogen (secondary N) is 1. The van der Waals surface area contributed by atoms with Crippen molar-refractivity contribution in [3.05, 3.63) is 44.4 Å². The molecular weight excluding hydrogens is 298 g/mol.